The van der Waals surface area contributed by atoms with Gasteiger partial charge in [0, 0.05) is 37.4 Å². The number of benzene rings is 1. The van der Waals surface area contributed by atoms with E-state index < -0.39 is 0 Å². The van der Waals surface area contributed by atoms with Crippen LogP contribution < -0.4 is 16.1 Å². The Morgan fingerprint density at radius 1 is 1.38 bits per heavy atom. The Labute approximate surface area is 156 Å². The lowest BCUT2D eigenvalue weighted by molar-refractivity contribution is 0.101. The zero-order valence-electron chi connectivity index (χ0n) is 15.8. The van der Waals surface area contributed by atoms with Gasteiger partial charge < -0.3 is 20.4 Å². The Bertz CT molecular complexity index is 689. The number of piperidine rings is 1. The number of allylic oxidation sites excluding steroid dienone is 2. The molecule has 2 aliphatic rings. The van der Waals surface area contributed by atoms with Crippen molar-refractivity contribution in [1.82, 2.24) is 15.7 Å². The number of nitrogens with one attached hydrogen (secondary N) is 3. The summed E-state index contributed by atoms with van der Waals surface area (Å²) in [6.45, 7) is 7.73. The summed E-state index contributed by atoms with van der Waals surface area (Å²) in [7, 11) is 3.75. The number of fused-ring (bicyclic) bond motifs is 1. The van der Waals surface area contributed by atoms with Gasteiger partial charge in [0.1, 0.15) is 0 Å². The number of anilines is 1. The molecule has 0 unspecified atom stereocenters. The van der Waals surface area contributed by atoms with E-state index >= 15 is 0 Å². The van der Waals surface area contributed by atoms with Crippen molar-refractivity contribution in [2.24, 2.45) is 0 Å². The lowest BCUT2D eigenvalue weighted by Gasteiger charge is -2.29. The first-order valence-electron chi connectivity index (χ1n) is 9.32. The van der Waals surface area contributed by atoms with Crippen molar-refractivity contribution >= 4 is 17.3 Å². The summed E-state index contributed by atoms with van der Waals surface area (Å²) < 4.78 is 0. The van der Waals surface area contributed by atoms with Gasteiger partial charge in [0.05, 0.1) is 7.11 Å². The van der Waals surface area contributed by atoms with Crippen LogP contribution in [0.2, 0.25) is 0 Å². The molecule has 0 amide bonds. The van der Waals surface area contributed by atoms with Crippen molar-refractivity contribution in [2.45, 2.75) is 25.4 Å². The number of nitrogens with zero attached hydrogens (tertiary/aromatic N) is 1. The van der Waals surface area contributed by atoms with E-state index in [4.69, 9.17) is 4.84 Å². The van der Waals surface area contributed by atoms with Crippen molar-refractivity contribution in [3.8, 4) is 0 Å². The molecule has 26 heavy (non-hydrogen) atoms. The van der Waals surface area contributed by atoms with Gasteiger partial charge in [-0.25, -0.2) is 0 Å². The molecule has 5 heteroatoms. The van der Waals surface area contributed by atoms with E-state index in [-0.39, 0.29) is 0 Å². The van der Waals surface area contributed by atoms with Gasteiger partial charge in [-0.15, -0.1) is 0 Å². The van der Waals surface area contributed by atoms with Gasteiger partial charge in [-0.2, -0.15) is 5.48 Å². The number of rotatable bonds is 7. The largest absolute Gasteiger partial charge is 0.382 e. The van der Waals surface area contributed by atoms with Crippen LogP contribution >= 0.6 is 0 Å². The molecule has 0 radical (unpaired) electrons. The Morgan fingerprint density at radius 2 is 2.19 bits per heavy atom. The molecule has 1 fully saturated rings. The van der Waals surface area contributed by atoms with Gasteiger partial charge in [-0.3, -0.25) is 0 Å². The average molecular weight is 354 g/mol. The van der Waals surface area contributed by atoms with Crippen molar-refractivity contribution < 1.29 is 4.84 Å². The molecule has 3 rings (SSSR count). The molecule has 0 bridgehead atoms. The van der Waals surface area contributed by atoms with Gasteiger partial charge in [-0.05, 0) is 67.0 Å². The van der Waals surface area contributed by atoms with E-state index in [0.29, 0.717) is 12.6 Å². The molecule has 2 heterocycles. The zero-order chi connectivity index (χ0) is 18.4. The maximum absolute atomic E-state index is 4.94. The molecule has 0 spiro atoms. The second kappa shape index (κ2) is 9.03. The van der Waals surface area contributed by atoms with Gasteiger partial charge >= 0.3 is 0 Å². The Balaban J connectivity index is 1.93. The minimum Gasteiger partial charge on any atom is -0.382 e. The van der Waals surface area contributed by atoms with Crippen LogP contribution in [0.15, 0.2) is 37.1 Å². The molecule has 0 saturated carbocycles. The average Bonchev–Trinajstić information content (AvgIpc) is 2.66. The lowest BCUT2D eigenvalue weighted by Crippen LogP contribution is -2.35. The fraction of sp³-hybridized carbons (Fsp3) is 0.429. The minimum atomic E-state index is 0.526. The summed E-state index contributed by atoms with van der Waals surface area (Å²) in [5, 5.41) is 7.25. The predicted molar refractivity (Wildman–Crippen MR) is 110 cm³/mol. The standard InChI is InChI=1S/C21H30N4O/c1-4-16(5-11-23-26-3)18-13-17-8-12-25(2)15-20(17)21(14-18)24-19-6-9-22-10-7-19/h4-5,8,12-14,19,22-24H,1,6-7,9-11,15H2,2-3H3/b16-5+. The Kier molecular flexibility index (Phi) is 6.50. The summed E-state index contributed by atoms with van der Waals surface area (Å²) in [6, 6.07) is 5.05. The summed E-state index contributed by atoms with van der Waals surface area (Å²) in [5.41, 5.74) is 9.05. The zero-order valence-corrected chi connectivity index (χ0v) is 15.8. The lowest BCUT2D eigenvalue weighted by atomic mass is 9.94. The number of hydrogen-bond donors (Lipinski definition) is 3. The van der Waals surface area contributed by atoms with Crippen molar-refractivity contribution in [1.29, 1.82) is 0 Å². The van der Waals surface area contributed by atoms with Crippen LogP contribution in [0.3, 0.4) is 0 Å². The fourth-order valence-corrected chi connectivity index (χ4v) is 3.56. The van der Waals surface area contributed by atoms with E-state index in [1.165, 1.54) is 22.4 Å². The van der Waals surface area contributed by atoms with Crippen LogP contribution in [0.5, 0.6) is 0 Å². The SMILES string of the molecule is C=C/C(=C\CNOC)c1cc2c(c(NC3CCNCC3)c1)CN(C)C=C2. The summed E-state index contributed by atoms with van der Waals surface area (Å²) in [6.07, 6.45) is 10.7. The van der Waals surface area contributed by atoms with Crippen LogP contribution in [0.4, 0.5) is 5.69 Å². The van der Waals surface area contributed by atoms with E-state index in [1.54, 1.807) is 7.11 Å². The first-order chi connectivity index (χ1) is 12.7. The van der Waals surface area contributed by atoms with Gasteiger partial charge in [0.25, 0.3) is 0 Å². The first kappa shape index (κ1) is 18.7. The third kappa shape index (κ3) is 4.55. The molecule has 140 valence electrons. The van der Waals surface area contributed by atoms with Crippen molar-refractivity contribution in [3.05, 3.63) is 53.8 Å². The topological polar surface area (TPSA) is 48.6 Å². The van der Waals surface area contributed by atoms with Gasteiger partial charge in [-0.1, -0.05) is 18.7 Å². The summed E-state index contributed by atoms with van der Waals surface area (Å²) >= 11 is 0. The molecule has 1 aromatic carbocycles. The van der Waals surface area contributed by atoms with E-state index in [2.05, 4.69) is 65.1 Å². The van der Waals surface area contributed by atoms with Gasteiger partial charge in [0.15, 0.2) is 0 Å². The highest BCUT2D eigenvalue weighted by atomic mass is 16.6. The molecular formula is C21H30N4O. The highest BCUT2D eigenvalue weighted by molar-refractivity contribution is 5.80. The molecule has 0 aromatic heterocycles. The van der Waals surface area contributed by atoms with Crippen LogP contribution in [-0.2, 0) is 11.4 Å². The quantitative estimate of drug-likeness (QED) is 0.399. The second-order valence-electron chi connectivity index (χ2n) is 6.91. The van der Waals surface area contributed by atoms with Gasteiger partial charge in [0.2, 0.25) is 0 Å². The molecule has 5 nitrogen and oxygen atoms in total. The molecule has 3 N–H and O–H groups in total. The van der Waals surface area contributed by atoms with Crippen LogP contribution in [0, 0.1) is 0 Å². The molecule has 0 aliphatic carbocycles. The fourth-order valence-electron chi connectivity index (χ4n) is 3.56. The first-order valence-corrected chi connectivity index (χ1v) is 9.32. The Hall–Kier alpha value is -2.08. The maximum Gasteiger partial charge on any atom is 0.0572 e. The third-order valence-electron chi connectivity index (χ3n) is 5.00. The summed E-state index contributed by atoms with van der Waals surface area (Å²) in [5.74, 6) is 0. The third-order valence-corrected chi connectivity index (χ3v) is 5.00. The van der Waals surface area contributed by atoms with E-state index in [9.17, 15) is 0 Å². The molecular weight excluding hydrogens is 324 g/mol. The monoisotopic (exact) mass is 354 g/mol. The normalized spacial score (nSPS) is 17.9. The molecule has 1 saturated heterocycles. The van der Waals surface area contributed by atoms with Crippen molar-refractivity contribution in [2.75, 3.05) is 39.1 Å². The van der Waals surface area contributed by atoms with Crippen molar-refractivity contribution in [3.63, 3.8) is 0 Å². The predicted octanol–water partition coefficient (Wildman–Crippen LogP) is 2.99. The highest BCUT2D eigenvalue weighted by Crippen LogP contribution is 2.32. The van der Waals surface area contributed by atoms with Crippen LogP contribution in [0.25, 0.3) is 11.6 Å². The van der Waals surface area contributed by atoms with E-state index in [1.807, 2.05) is 6.08 Å². The maximum atomic E-state index is 4.94. The smallest absolute Gasteiger partial charge is 0.0572 e. The Morgan fingerprint density at radius 3 is 2.92 bits per heavy atom. The minimum absolute atomic E-state index is 0.526. The van der Waals surface area contributed by atoms with Crippen LogP contribution in [0.1, 0.15) is 29.5 Å². The number of hydrogen-bond acceptors (Lipinski definition) is 5. The molecule has 0 atom stereocenters. The summed E-state index contributed by atoms with van der Waals surface area (Å²) in [4.78, 5) is 7.16. The number of hydroxylamine groups is 1. The second-order valence-corrected chi connectivity index (χ2v) is 6.91. The highest BCUT2D eigenvalue weighted by Gasteiger charge is 2.19. The van der Waals surface area contributed by atoms with Crippen LogP contribution in [-0.4, -0.2) is 44.7 Å². The molecule has 1 aromatic rings. The molecule has 2 aliphatic heterocycles. The van der Waals surface area contributed by atoms with E-state index in [0.717, 1.165) is 38.0 Å².